The summed E-state index contributed by atoms with van der Waals surface area (Å²) in [7, 11) is 0. The quantitative estimate of drug-likeness (QED) is 0.831. The second-order valence-electron chi connectivity index (χ2n) is 4.32. The van der Waals surface area contributed by atoms with Crippen LogP contribution in [-0.2, 0) is 0 Å². The third-order valence-electron chi connectivity index (χ3n) is 2.82. The van der Waals surface area contributed by atoms with Crippen molar-refractivity contribution in [3.05, 3.63) is 15.6 Å². The number of rotatable bonds is 5. The first-order chi connectivity index (χ1) is 7.04. The summed E-state index contributed by atoms with van der Waals surface area (Å²) in [6, 6.07) is 0.379. The molecule has 2 unspecified atom stereocenters. The fourth-order valence-corrected chi connectivity index (χ4v) is 2.48. The van der Waals surface area contributed by atoms with Crippen molar-refractivity contribution in [2.45, 2.75) is 47.1 Å². The average Bonchev–Trinajstić information content (AvgIpc) is 2.53. The molecule has 2 nitrogen and oxygen atoms in total. The first kappa shape index (κ1) is 12.7. The summed E-state index contributed by atoms with van der Waals surface area (Å²) in [6.07, 6.45) is 1.23. The number of nitrogens with one attached hydrogen (secondary N) is 1. The third-order valence-corrected chi connectivity index (χ3v) is 3.72. The van der Waals surface area contributed by atoms with E-state index in [9.17, 15) is 0 Å². The van der Waals surface area contributed by atoms with Gasteiger partial charge < -0.3 is 5.32 Å². The standard InChI is InChI=1S/C12H22N2S/c1-6-8(2)7-13-9(3)12-10(4)15-11(5)14-12/h8-9,13H,6-7H2,1-5H3. The van der Waals surface area contributed by atoms with Gasteiger partial charge in [-0.1, -0.05) is 20.3 Å². The Morgan fingerprint density at radius 1 is 1.33 bits per heavy atom. The van der Waals surface area contributed by atoms with Gasteiger partial charge in [0, 0.05) is 10.9 Å². The summed E-state index contributed by atoms with van der Waals surface area (Å²) in [5, 5.41) is 4.71. The number of aromatic nitrogens is 1. The fourth-order valence-electron chi connectivity index (χ4n) is 1.57. The highest BCUT2D eigenvalue weighted by Gasteiger charge is 2.12. The molecule has 1 N–H and O–H groups in total. The van der Waals surface area contributed by atoms with Crippen molar-refractivity contribution >= 4 is 11.3 Å². The van der Waals surface area contributed by atoms with Crippen LogP contribution >= 0.6 is 11.3 Å². The Bertz CT molecular complexity index is 307. The molecule has 1 aromatic heterocycles. The molecular weight excluding hydrogens is 204 g/mol. The Hall–Kier alpha value is -0.410. The topological polar surface area (TPSA) is 24.9 Å². The molecule has 0 radical (unpaired) electrons. The lowest BCUT2D eigenvalue weighted by molar-refractivity contribution is 0.456. The van der Waals surface area contributed by atoms with Crippen molar-refractivity contribution < 1.29 is 0 Å². The van der Waals surface area contributed by atoms with Crippen molar-refractivity contribution in [3.63, 3.8) is 0 Å². The summed E-state index contributed by atoms with van der Waals surface area (Å²) < 4.78 is 0. The molecule has 0 aliphatic heterocycles. The highest BCUT2D eigenvalue weighted by Crippen LogP contribution is 2.22. The minimum absolute atomic E-state index is 0.379. The maximum Gasteiger partial charge on any atom is 0.0900 e. The van der Waals surface area contributed by atoms with Gasteiger partial charge in [-0.15, -0.1) is 11.3 Å². The number of hydrogen-bond donors (Lipinski definition) is 1. The first-order valence-electron chi connectivity index (χ1n) is 5.71. The lowest BCUT2D eigenvalue weighted by Crippen LogP contribution is -2.24. The molecule has 1 rings (SSSR count). The van der Waals surface area contributed by atoms with Crippen LogP contribution in [0.2, 0.25) is 0 Å². The fraction of sp³-hybridized carbons (Fsp3) is 0.750. The Morgan fingerprint density at radius 3 is 2.47 bits per heavy atom. The monoisotopic (exact) mass is 226 g/mol. The van der Waals surface area contributed by atoms with Crippen LogP contribution in [0.15, 0.2) is 0 Å². The summed E-state index contributed by atoms with van der Waals surface area (Å²) >= 11 is 1.79. The van der Waals surface area contributed by atoms with E-state index in [0.717, 1.165) is 12.5 Å². The van der Waals surface area contributed by atoms with Crippen molar-refractivity contribution in [1.82, 2.24) is 10.3 Å². The minimum atomic E-state index is 0.379. The van der Waals surface area contributed by atoms with Gasteiger partial charge in [0.15, 0.2) is 0 Å². The molecular formula is C12H22N2S. The number of nitrogens with zero attached hydrogens (tertiary/aromatic N) is 1. The molecule has 1 heterocycles. The van der Waals surface area contributed by atoms with E-state index in [2.05, 4.69) is 44.9 Å². The zero-order chi connectivity index (χ0) is 11.4. The summed E-state index contributed by atoms with van der Waals surface area (Å²) in [6.45, 7) is 12.0. The van der Waals surface area contributed by atoms with Gasteiger partial charge in [-0.2, -0.15) is 0 Å². The van der Waals surface area contributed by atoms with Gasteiger partial charge in [0.25, 0.3) is 0 Å². The van der Waals surface area contributed by atoms with Gasteiger partial charge in [-0.05, 0) is 33.2 Å². The van der Waals surface area contributed by atoms with Crippen LogP contribution in [0, 0.1) is 19.8 Å². The predicted octanol–water partition coefficient (Wildman–Crippen LogP) is 3.46. The van der Waals surface area contributed by atoms with E-state index in [4.69, 9.17) is 0 Å². The van der Waals surface area contributed by atoms with Gasteiger partial charge in [0.1, 0.15) is 0 Å². The second-order valence-corrected chi connectivity index (χ2v) is 5.72. The first-order valence-corrected chi connectivity index (χ1v) is 6.53. The van der Waals surface area contributed by atoms with Gasteiger partial charge >= 0.3 is 0 Å². The molecule has 0 saturated carbocycles. The van der Waals surface area contributed by atoms with E-state index >= 15 is 0 Å². The van der Waals surface area contributed by atoms with Crippen molar-refractivity contribution in [2.24, 2.45) is 5.92 Å². The average molecular weight is 226 g/mol. The molecule has 0 spiro atoms. The highest BCUT2D eigenvalue weighted by atomic mass is 32.1. The largest absolute Gasteiger partial charge is 0.309 e. The Kier molecular flexibility index (Phi) is 4.74. The smallest absolute Gasteiger partial charge is 0.0900 e. The predicted molar refractivity (Wildman–Crippen MR) is 67.5 cm³/mol. The maximum atomic E-state index is 4.57. The number of thiazole rings is 1. The van der Waals surface area contributed by atoms with Gasteiger partial charge in [-0.3, -0.25) is 0 Å². The van der Waals surface area contributed by atoms with Crippen LogP contribution in [0.5, 0.6) is 0 Å². The molecule has 0 saturated heterocycles. The Balaban J connectivity index is 2.53. The summed E-state index contributed by atoms with van der Waals surface area (Å²) in [5.74, 6) is 0.743. The molecule has 0 fully saturated rings. The highest BCUT2D eigenvalue weighted by molar-refractivity contribution is 7.11. The maximum absolute atomic E-state index is 4.57. The van der Waals surface area contributed by atoms with Crippen LogP contribution in [0.1, 0.15) is 48.8 Å². The van der Waals surface area contributed by atoms with E-state index in [1.54, 1.807) is 11.3 Å². The van der Waals surface area contributed by atoms with E-state index in [1.807, 2.05) is 0 Å². The number of hydrogen-bond acceptors (Lipinski definition) is 3. The molecule has 2 atom stereocenters. The van der Waals surface area contributed by atoms with E-state index in [0.29, 0.717) is 6.04 Å². The van der Waals surface area contributed by atoms with Crippen molar-refractivity contribution in [2.75, 3.05) is 6.54 Å². The van der Waals surface area contributed by atoms with Crippen LogP contribution in [0.25, 0.3) is 0 Å². The van der Waals surface area contributed by atoms with E-state index in [1.165, 1.54) is 22.0 Å². The number of aryl methyl sites for hydroxylation is 2. The van der Waals surface area contributed by atoms with Crippen LogP contribution in [0.3, 0.4) is 0 Å². The van der Waals surface area contributed by atoms with Crippen molar-refractivity contribution in [1.29, 1.82) is 0 Å². The molecule has 3 heteroatoms. The molecule has 1 aromatic rings. The molecule has 0 bridgehead atoms. The SMILES string of the molecule is CCC(C)CNC(C)c1nc(C)sc1C. The molecule has 15 heavy (non-hydrogen) atoms. The zero-order valence-corrected chi connectivity index (χ0v) is 11.2. The summed E-state index contributed by atoms with van der Waals surface area (Å²) in [4.78, 5) is 5.91. The van der Waals surface area contributed by atoms with Crippen LogP contribution in [-0.4, -0.2) is 11.5 Å². The van der Waals surface area contributed by atoms with Gasteiger partial charge in [-0.25, -0.2) is 4.98 Å². The van der Waals surface area contributed by atoms with E-state index in [-0.39, 0.29) is 0 Å². The normalized spacial score (nSPS) is 15.3. The minimum Gasteiger partial charge on any atom is -0.309 e. The van der Waals surface area contributed by atoms with Gasteiger partial charge in [0.2, 0.25) is 0 Å². The van der Waals surface area contributed by atoms with E-state index < -0.39 is 0 Å². The van der Waals surface area contributed by atoms with Crippen LogP contribution < -0.4 is 5.32 Å². The third kappa shape index (κ3) is 3.58. The molecule has 0 aliphatic carbocycles. The second kappa shape index (κ2) is 5.61. The molecule has 0 amide bonds. The Labute approximate surface area is 97.1 Å². The molecule has 0 aromatic carbocycles. The Morgan fingerprint density at radius 2 is 2.00 bits per heavy atom. The molecule has 0 aliphatic rings. The van der Waals surface area contributed by atoms with Crippen molar-refractivity contribution in [3.8, 4) is 0 Å². The lowest BCUT2D eigenvalue weighted by Gasteiger charge is -2.15. The van der Waals surface area contributed by atoms with Crippen LogP contribution in [0.4, 0.5) is 0 Å². The lowest BCUT2D eigenvalue weighted by atomic mass is 10.1. The zero-order valence-electron chi connectivity index (χ0n) is 10.4. The molecule has 86 valence electrons. The summed E-state index contributed by atoms with van der Waals surface area (Å²) in [5.41, 5.74) is 1.22. The van der Waals surface area contributed by atoms with Gasteiger partial charge in [0.05, 0.1) is 10.7 Å².